The van der Waals surface area contributed by atoms with Crippen LogP contribution in [-0.4, -0.2) is 41.2 Å². The third-order valence-corrected chi connectivity index (χ3v) is 2.60. The second-order valence-corrected chi connectivity index (χ2v) is 4.37. The van der Waals surface area contributed by atoms with Gasteiger partial charge in [-0.15, -0.1) is 0 Å². The van der Waals surface area contributed by atoms with Crippen LogP contribution in [0.3, 0.4) is 0 Å². The Morgan fingerprint density at radius 3 is 2.40 bits per heavy atom. The van der Waals surface area contributed by atoms with Crippen LogP contribution in [0.4, 0.5) is 0 Å². The van der Waals surface area contributed by atoms with Crippen molar-refractivity contribution >= 4 is 17.2 Å². The van der Waals surface area contributed by atoms with Gasteiger partial charge in [-0.3, -0.25) is 0 Å². The smallest absolute Gasteiger partial charge is 0.0727 e. The van der Waals surface area contributed by atoms with Crippen molar-refractivity contribution in [1.29, 1.82) is 0 Å². The maximum atomic E-state index is 8.90. The lowest BCUT2D eigenvalue weighted by atomic mass is 10.2. The van der Waals surface area contributed by atoms with Gasteiger partial charge in [-0.2, -0.15) is 0 Å². The zero-order valence-electron chi connectivity index (χ0n) is 9.74. The summed E-state index contributed by atoms with van der Waals surface area (Å²) in [6.07, 6.45) is 5.42. The standard InChI is InChI=1S/C11H24N2OS/c1-2-3-7-13(9-10-14)8-5-4-6-11(12)15/h14H,2-10H2,1H3,(H2,12,15). The Morgan fingerprint density at radius 1 is 1.20 bits per heavy atom. The fourth-order valence-corrected chi connectivity index (χ4v) is 1.64. The monoisotopic (exact) mass is 232 g/mol. The Morgan fingerprint density at radius 2 is 1.87 bits per heavy atom. The molecule has 0 aliphatic carbocycles. The minimum atomic E-state index is 0.249. The molecule has 0 amide bonds. The lowest BCUT2D eigenvalue weighted by Crippen LogP contribution is -2.29. The first kappa shape index (κ1) is 14.8. The van der Waals surface area contributed by atoms with E-state index in [0.29, 0.717) is 4.99 Å². The lowest BCUT2D eigenvalue weighted by Gasteiger charge is -2.20. The number of hydrogen-bond donors (Lipinski definition) is 2. The molecule has 4 heteroatoms. The molecule has 0 aromatic heterocycles. The lowest BCUT2D eigenvalue weighted by molar-refractivity contribution is 0.192. The number of aliphatic hydroxyl groups excluding tert-OH is 1. The fourth-order valence-electron chi connectivity index (χ4n) is 1.49. The Hall–Kier alpha value is -0.190. The van der Waals surface area contributed by atoms with Gasteiger partial charge in [-0.25, -0.2) is 0 Å². The minimum absolute atomic E-state index is 0.249. The van der Waals surface area contributed by atoms with E-state index in [4.69, 9.17) is 23.1 Å². The van der Waals surface area contributed by atoms with Crippen LogP contribution in [0.1, 0.15) is 39.0 Å². The van der Waals surface area contributed by atoms with Gasteiger partial charge >= 0.3 is 0 Å². The quantitative estimate of drug-likeness (QED) is 0.443. The molecule has 90 valence electrons. The molecule has 0 atom stereocenters. The molecule has 0 spiro atoms. The van der Waals surface area contributed by atoms with Crippen molar-refractivity contribution < 1.29 is 5.11 Å². The van der Waals surface area contributed by atoms with Crippen molar-refractivity contribution in [3.05, 3.63) is 0 Å². The first-order chi connectivity index (χ1) is 7.20. The number of nitrogens with zero attached hydrogens (tertiary/aromatic N) is 1. The molecule has 0 aromatic rings. The number of hydrogen-bond acceptors (Lipinski definition) is 3. The Balaban J connectivity index is 3.51. The maximum Gasteiger partial charge on any atom is 0.0727 e. The summed E-state index contributed by atoms with van der Waals surface area (Å²) in [4.78, 5) is 2.92. The summed E-state index contributed by atoms with van der Waals surface area (Å²) in [7, 11) is 0. The third-order valence-electron chi connectivity index (χ3n) is 2.39. The number of nitrogens with two attached hydrogens (primary N) is 1. The van der Waals surface area contributed by atoms with Gasteiger partial charge in [-0.1, -0.05) is 25.6 Å². The summed E-state index contributed by atoms with van der Waals surface area (Å²) in [6, 6.07) is 0. The second-order valence-electron chi connectivity index (χ2n) is 3.84. The van der Waals surface area contributed by atoms with Crippen molar-refractivity contribution in [3.8, 4) is 0 Å². The molecule has 0 rings (SSSR count). The zero-order chi connectivity index (χ0) is 11.5. The van der Waals surface area contributed by atoms with Crippen LogP contribution in [0.25, 0.3) is 0 Å². The van der Waals surface area contributed by atoms with E-state index in [1.54, 1.807) is 0 Å². The predicted octanol–water partition coefficient (Wildman–Crippen LogP) is 1.54. The summed E-state index contributed by atoms with van der Waals surface area (Å²) < 4.78 is 0. The maximum absolute atomic E-state index is 8.90. The van der Waals surface area contributed by atoms with E-state index in [-0.39, 0.29) is 6.61 Å². The van der Waals surface area contributed by atoms with E-state index >= 15 is 0 Å². The van der Waals surface area contributed by atoms with Gasteiger partial charge in [0.25, 0.3) is 0 Å². The van der Waals surface area contributed by atoms with Crippen molar-refractivity contribution in [2.24, 2.45) is 5.73 Å². The van der Waals surface area contributed by atoms with Crippen LogP contribution in [0.15, 0.2) is 0 Å². The van der Waals surface area contributed by atoms with Crippen LogP contribution >= 0.6 is 12.2 Å². The van der Waals surface area contributed by atoms with Crippen molar-refractivity contribution in [2.75, 3.05) is 26.2 Å². The molecule has 0 saturated carbocycles. The molecular weight excluding hydrogens is 208 g/mol. The summed E-state index contributed by atoms with van der Waals surface area (Å²) in [5, 5.41) is 8.90. The molecular formula is C11H24N2OS. The molecule has 0 aliphatic rings. The van der Waals surface area contributed by atoms with Gasteiger partial charge in [0.2, 0.25) is 0 Å². The van der Waals surface area contributed by atoms with Gasteiger partial charge in [0.1, 0.15) is 0 Å². The highest BCUT2D eigenvalue weighted by atomic mass is 32.1. The van der Waals surface area contributed by atoms with E-state index in [2.05, 4.69) is 11.8 Å². The van der Waals surface area contributed by atoms with Gasteiger partial charge in [0.05, 0.1) is 11.6 Å². The molecule has 3 N–H and O–H groups in total. The molecule has 3 nitrogen and oxygen atoms in total. The molecule has 0 saturated heterocycles. The van der Waals surface area contributed by atoms with Gasteiger partial charge in [0, 0.05) is 6.54 Å². The van der Waals surface area contributed by atoms with E-state index in [0.717, 1.165) is 38.9 Å². The van der Waals surface area contributed by atoms with Gasteiger partial charge in [0.15, 0.2) is 0 Å². The van der Waals surface area contributed by atoms with Crippen molar-refractivity contribution in [1.82, 2.24) is 4.90 Å². The second kappa shape index (κ2) is 10.3. The normalized spacial score (nSPS) is 10.9. The average molecular weight is 232 g/mol. The first-order valence-corrected chi connectivity index (χ1v) is 6.23. The summed E-state index contributed by atoms with van der Waals surface area (Å²) in [6.45, 7) is 5.35. The zero-order valence-corrected chi connectivity index (χ0v) is 10.6. The summed E-state index contributed by atoms with van der Waals surface area (Å²) in [5.74, 6) is 0. The Bertz CT molecular complexity index is 165. The van der Waals surface area contributed by atoms with Crippen LogP contribution in [0.2, 0.25) is 0 Å². The summed E-state index contributed by atoms with van der Waals surface area (Å²) in [5.41, 5.74) is 5.43. The molecule has 0 aromatic carbocycles. The molecule has 0 bridgehead atoms. The predicted molar refractivity (Wildman–Crippen MR) is 69.1 cm³/mol. The molecule has 0 fully saturated rings. The Labute approximate surface area is 98.6 Å². The van der Waals surface area contributed by atoms with E-state index < -0.39 is 0 Å². The minimum Gasteiger partial charge on any atom is -0.395 e. The average Bonchev–Trinajstić information content (AvgIpc) is 2.20. The van der Waals surface area contributed by atoms with Crippen LogP contribution in [0.5, 0.6) is 0 Å². The largest absolute Gasteiger partial charge is 0.395 e. The van der Waals surface area contributed by atoms with E-state index in [1.165, 1.54) is 12.8 Å². The molecule has 15 heavy (non-hydrogen) atoms. The van der Waals surface area contributed by atoms with Crippen LogP contribution in [-0.2, 0) is 0 Å². The van der Waals surface area contributed by atoms with Crippen LogP contribution < -0.4 is 5.73 Å². The summed E-state index contributed by atoms with van der Waals surface area (Å²) >= 11 is 4.82. The molecule has 0 aliphatic heterocycles. The number of thiocarbonyl (C=S) groups is 1. The first-order valence-electron chi connectivity index (χ1n) is 5.82. The number of aliphatic hydroxyl groups is 1. The van der Waals surface area contributed by atoms with Gasteiger partial charge in [-0.05, 0) is 38.8 Å². The highest BCUT2D eigenvalue weighted by molar-refractivity contribution is 7.80. The van der Waals surface area contributed by atoms with E-state index in [1.807, 2.05) is 0 Å². The molecule has 0 heterocycles. The number of rotatable bonds is 10. The van der Waals surface area contributed by atoms with E-state index in [9.17, 15) is 0 Å². The van der Waals surface area contributed by atoms with Crippen molar-refractivity contribution in [2.45, 2.75) is 39.0 Å². The van der Waals surface area contributed by atoms with Crippen LogP contribution in [0, 0.1) is 0 Å². The molecule has 0 unspecified atom stereocenters. The Kier molecular flexibility index (Phi) is 10.2. The third kappa shape index (κ3) is 10.1. The fraction of sp³-hybridized carbons (Fsp3) is 0.909. The SMILES string of the molecule is CCCCN(CCO)CCCCC(N)=S. The highest BCUT2D eigenvalue weighted by Gasteiger charge is 2.02. The highest BCUT2D eigenvalue weighted by Crippen LogP contribution is 2.01. The van der Waals surface area contributed by atoms with Crippen molar-refractivity contribution in [3.63, 3.8) is 0 Å². The van der Waals surface area contributed by atoms with Gasteiger partial charge < -0.3 is 15.7 Å². The number of unbranched alkanes of at least 4 members (excludes halogenated alkanes) is 2. The topological polar surface area (TPSA) is 49.5 Å². The molecule has 0 radical (unpaired) electrons.